The highest BCUT2D eigenvalue weighted by atomic mass is 16.5. The maximum Gasteiger partial charge on any atom is 0.309 e. The number of carbonyl (C=O) groups is 1. The summed E-state index contributed by atoms with van der Waals surface area (Å²) in [5.74, 6) is -0.168. The standard InChI is InChI=1S/C15H22N2O2/c1-13(15(18)19-2)12-16-8-10-17(11-9-16)14-6-4-3-5-7-14/h3-7,13H,8-12H2,1-2H3/t13-/m1/s1. The van der Waals surface area contributed by atoms with Gasteiger partial charge in [0.2, 0.25) is 0 Å². The number of rotatable bonds is 4. The molecule has 1 atom stereocenters. The van der Waals surface area contributed by atoms with Crippen LogP contribution in [0, 0.1) is 5.92 Å². The molecule has 0 bridgehead atoms. The Balaban J connectivity index is 1.81. The molecule has 0 N–H and O–H groups in total. The number of benzene rings is 1. The molecule has 1 heterocycles. The van der Waals surface area contributed by atoms with Crippen LogP contribution >= 0.6 is 0 Å². The van der Waals surface area contributed by atoms with Crippen molar-refractivity contribution in [2.45, 2.75) is 6.92 Å². The first kappa shape index (κ1) is 13.9. The Morgan fingerprint density at radius 1 is 1.21 bits per heavy atom. The van der Waals surface area contributed by atoms with Gasteiger partial charge in [0.05, 0.1) is 13.0 Å². The number of carbonyl (C=O) groups excluding carboxylic acids is 1. The molecule has 1 aromatic rings. The maximum atomic E-state index is 11.4. The molecule has 1 aromatic carbocycles. The molecule has 0 aromatic heterocycles. The molecule has 0 amide bonds. The number of piperazine rings is 1. The van der Waals surface area contributed by atoms with Crippen molar-refractivity contribution in [3.05, 3.63) is 30.3 Å². The van der Waals surface area contributed by atoms with E-state index in [1.54, 1.807) is 0 Å². The molecule has 0 saturated carbocycles. The van der Waals surface area contributed by atoms with Crippen LogP contribution in [0.4, 0.5) is 5.69 Å². The Labute approximate surface area is 115 Å². The average molecular weight is 262 g/mol. The largest absolute Gasteiger partial charge is 0.469 e. The van der Waals surface area contributed by atoms with Gasteiger partial charge < -0.3 is 9.64 Å². The van der Waals surface area contributed by atoms with Crippen molar-refractivity contribution in [1.29, 1.82) is 0 Å². The summed E-state index contributed by atoms with van der Waals surface area (Å²) in [5, 5.41) is 0. The molecule has 4 nitrogen and oxygen atoms in total. The second-order valence-electron chi connectivity index (χ2n) is 5.05. The summed E-state index contributed by atoms with van der Waals surface area (Å²) < 4.78 is 4.77. The lowest BCUT2D eigenvalue weighted by atomic mass is 10.1. The highest BCUT2D eigenvalue weighted by Gasteiger charge is 2.21. The van der Waals surface area contributed by atoms with E-state index < -0.39 is 0 Å². The summed E-state index contributed by atoms with van der Waals surface area (Å²) in [6.45, 7) is 6.73. The van der Waals surface area contributed by atoms with Crippen molar-refractivity contribution in [2.75, 3.05) is 44.7 Å². The summed E-state index contributed by atoms with van der Waals surface area (Å²) in [4.78, 5) is 16.1. The first-order valence-electron chi connectivity index (χ1n) is 6.81. The van der Waals surface area contributed by atoms with Crippen molar-refractivity contribution in [3.8, 4) is 0 Å². The van der Waals surface area contributed by atoms with Crippen LogP contribution in [0.25, 0.3) is 0 Å². The molecule has 0 radical (unpaired) electrons. The lowest BCUT2D eigenvalue weighted by molar-refractivity contribution is -0.145. The van der Waals surface area contributed by atoms with Gasteiger partial charge in [-0.3, -0.25) is 9.69 Å². The summed E-state index contributed by atoms with van der Waals surface area (Å²) in [5.41, 5.74) is 1.28. The summed E-state index contributed by atoms with van der Waals surface area (Å²) in [6, 6.07) is 10.5. The Hall–Kier alpha value is -1.55. The molecule has 1 aliphatic rings. The maximum absolute atomic E-state index is 11.4. The van der Waals surface area contributed by atoms with Gasteiger partial charge in [-0.2, -0.15) is 0 Å². The van der Waals surface area contributed by atoms with E-state index in [9.17, 15) is 4.79 Å². The second-order valence-corrected chi connectivity index (χ2v) is 5.05. The molecular formula is C15H22N2O2. The first-order chi connectivity index (χ1) is 9.20. The monoisotopic (exact) mass is 262 g/mol. The molecule has 0 spiro atoms. The fourth-order valence-electron chi connectivity index (χ4n) is 2.49. The molecule has 0 unspecified atom stereocenters. The van der Waals surface area contributed by atoms with Gasteiger partial charge in [0.1, 0.15) is 0 Å². The van der Waals surface area contributed by atoms with Gasteiger partial charge in [-0.15, -0.1) is 0 Å². The third-order valence-electron chi connectivity index (χ3n) is 3.63. The quantitative estimate of drug-likeness (QED) is 0.772. The van der Waals surface area contributed by atoms with E-state index in [0.717, 1.165) is 32.7 Å². The van der Waals surface area contributed by atoms with Gasteiger partial charge in [-0.1, -0.05) is 25.1 Å². The van der Waals surface area contributed by atoms with E-state index in [-0.39, 0.29) is 11.9 Å². The zero-order valence-corrected chi connectivity index (χ0v) is 11.7. The molecule has 1 fully saturated rings. The highest BCUT2D eigenvalue weighted by molar-refractivity contribution is 5.72. The minimum Gasteiger partial charge on any atom is -0.469 e. The van der Waals surface area contributed by atoms with Gasteiger partial charge in [-0.05, 0) is 12.1 Å². The van der Waals surface area contributed by atoms with E-state index in [4.69, 9.17) is 4.74 Å². The number of ether oxygens (including phenoxy) is 1. The smallest absolute Gasteiger partial charge is 0.309 e. The topological polar surface area (TPSA) is 32.8 Å². The first-order valence-corrected chi connectivity index (χ1v) is 6.81. The van der Waals surface area contributed by atoms with Gasteiger partial charge in [0, 0.05) is 38.4 Å². The van der Waals surface area contributed by atoms with E-state index in [0.29, 0.717) is 0 Å². The van der Waals surface area contributed by atoms with E-state index in [2.05, 4.69) is 34.1 Å². The number of para-hydroxylation sites is 1. The van der Waals surface area contributed by atoms with Crippen LogP contribution < -0.4 is 4.90 Å². The van der Waals surface area contributed by atoms with E-state index >= 15 is 0 Å². The number of hydrogen-bond acceptors (Lipinski definition) is 4. The normalized spacial score (nSPS) is 18.1. The summed E-state index contributed by atoms with van der Waals surface area (Å²) in [7, 11) is 1.45. The Morgan fingerprint density at radius 2 is 1.84 bits per heavy atom. The lowest BCUT2D eigenvalue weighted by Gasteiger charge is -2.36. The molecule has 1 saturated heterocycles. The van der Waals surface area contributed by atoms with E-state index in [1.807, 2.05) is 13.0 Å². The fraction of sp³-hybridized carbons (Fsp3) is 0.533. The van der Waals surface area contributed by atoms with Crippen LogP contribution in [-0.4, -0.2) is 50.7 Å². The van der Waals surface area contributed by atoms with Crippen LogP contribution in [0.3, 0.4) is 0 Å². The van der Waals surface area contributed by atoms with Crippen LogP contribution in [0.1, 0.15) is 6.92 Å². The Morgan fingerprint density at radius 3 is 2.42 bits per heavy atom. The SMILES string of the molecule is COC(=O)[C@H](C)CN1CCN(c2ccccc2)CC1. The molecular weight excluding hydrogens is 240 g/mol. The lowest BCUT2D eigenvalue weighted by Crippen LogP contribution is -2.48. The highest BCUT2D eigenvalue weighted by Crippen LogP contribution is 2.16. The van der Waals surface area contributed by atoms with Crippen molar-refractivity contribution >= 4 is 11.7 Å². The molecule has 104 valence electrons. The summed E-state index contributed by atoms with van der Waals surface area (Å²) in [6.07, 6.45) is 0. The fourth-order valence-corrected chi connectivity index (χ4v) is 2.49. The second kappa shape index (κ2) is 6.57. The molecule has 1 aliphatic heterocycles. The van der Waals surface area contributed by atoms with E-state index in [1.165, 1.54) is 12.8 Å². The molecule has 0 aliphatic carbocycles. The Bertz CT molecular complexity index is 400. The van der Waals surface area contributed by atoms with Crippen LogP contribution in [0.5, 0.6) is 0 Å². The number of hydrogen-bond donors (Lipinski definition) is 0. The van der Waals surface area contributed by atoms with Crippen molar-refractivity contribution in [1.82, 2.24) is 4.90 Å². The third kappa shape index (κ3) is 3.70. The summed E-state index contributed by atoms with van der Waals surface area (Å²) >= 11 is 0. The predicted molar refractivity (Wildman–Crippen MR) is 76.3 cm³/mol. The minimum absolute atomic E-state index is 0.0479. The number of nitrogens with zero attached hydrogens (tertiary/aromatic N) is 2. The van der Waals surface area contributed by atoms with Gasteiger partial charge in [0.15, 0.2) is 0 Å². The van der Waals surface area contributed by atoms with Crippen molar-refractivity contribution in [2.24, 2.45) is 5.92 Å². The van der Waals surface area contributed by atoms with Gasteiger partial charge in [-0.25, -0.2) is 0 Å². The number of anilines is 1. The van der Waals surface area contributed by atoms with Crippen LogP contribution in [-0.2, 0) is 9.53 Å². The minimum atomic E-state index is -0.120. The van der Waals surface area contributed by atoms with Crippen molar-refractivity contribution in [3.63, 3.8) is 0 Å². The molecule has 19 heavy (non-hydrogen) atoms. The number of esters is 1. The van der Waals surface area contributed by atoms with Gasteiger partial charge in [0.25, 0.3) is 0 Å². The van der Waals surface area contributed by atoms with Crippen molar-refractivity contribution < 1.29 is 9.53 Å². The number of methoxy groups -OCH3 is 1. The molecule has 2 rings (SSSR count). The van der Waals surface area contributed by atoms with Gasteiger partial charge >= 0.3 is 5.97 Å². The zero-order chi connectivity index (χ0) is 13.7. The zero-order valence-electron chi connectivity index (χ0n) is 11.7. The van der Waals surface area contributed by atoms with Crippen LogP contribution in [0.2, 0.25) is 0 Å². The predicted octanol–water partition coefficient (Wildman–Crippen LogP) is 1.62. The third-order valence-corrected chi connectivity index (χ3v) is 3.63. The Kier molecular flexibility index (Phi) is 4.80. The van der Waals surface area contributed by atoms with Crippen LogP contribution in [0.15, 0.2) is 30.3 Å². The average Bonchev–Trinajstić information content (AvgIpc) is 2.48. The molecule has 4 heteroatoms.